The number of carbonyl (C=O) groups is 1. The molecule has 33 heavy (non-hydrogen) atoms. The highest BCUT2D eigenvalue weighted by Crippen LogP contribution is 2.31. The van der Waals surface area contributed by atoms with Crippen molar-refractivity contribution in [1.82, 2.24) is 24.4 Å². The van der Waals surface area contributed by atoms with Crippen molar-refractivity contribution in [3.63, 3.8) is 0 Å². The molecule has 1 N–H and O–H groups in total. The summed E-state index contributed by atoms with van der Waals surface area (Å²) in [7, 11) is 3.02. The fraction of sp³-hybridized carbons (Fsp3) is 0.478. The number of nitrogens with zero attached hydrogens (tertiary/aromatic N) is 4. The Morgan fingerprint density at radius 2 is 1.88 bits per heavy atom. The van der Waals surface area contributed by atoms with Gasteiger partial charge in [0.2, 0.25) is 0 Å². The number of likely N-dealkylation sites (tertiary alicyclic amines) is 1. The quantitative estimate of drug-likeness (QED) is 0.384. The molecular weight excluding hydrogens is 426 g/mol. The predicted octanol–water partition coefficient (Wildman–Crippen LogP) is 1.72. The molecule has 10 nitrogen and oxygen atoms in total. The van der Waals surface area contributed by atoms with E-state index in [0.29, 0.717) is 37.5 Å². The molecule has 2 aromatic heterocycles. The molecule has 0 radical (unpaired) electrons. The monoisotopic (exact) mass is 455 g/mol. The van der Waals surface area contributed by atoms with Crippen molar-refractivity contribution in [2.75, 3.05) is 34.0 Å². The van der Waals surface area contributed by atoms with Crippen LogP contribution in [-0.2, 0) is 27.4 Å². The topological polar surface area (TPSA) is 112 Å². The van der Waals surface area contributed by atoms with Gasteiger partial charge in [0.15, 0.2) is 5.65 Å². The third kappa shape index (κ3) is 4.76. The Hall–Kier alpha value is -3.24. The van der Waals surface area contributed by atoms with Gasteiger partial charge in [0, 0.05) is 13.7 Å². The van der Waals surface area contributed by atoms with Crippen molar-refractivity contribution in [2.24, 2.45) is 0 Å². The van der Waals surface area contributed by atoms with Gasteiger partial charge in [-0.1, -0.05) is 24.3 Å². The Morgan fingerprint density at radius 3 is 2.58 bits per heavy atom. The Morgan fingerprint density at radius 1 is 1.15 bits per heavy atom. The predicted molar refractivity (Wildman–Crippen MR) is 121 cm³/mol. The summed E-state index contributed by atoms with van der Waals surface area (Å²) < 4.78 is 17.0. The van der Waals surface area contributed by atoms with Crippen molar-refractivity contribution >= 4 is 17.1 Å². The second kappa shape index (κ2) is 9.72. The van der Waals surface area contributed by atoms with E-state index in [0.717, 1.165) is 30.5 Å². The van der Waals surface area contributed by atoms with Crippen LogP contribution in [0.3, 0.4) is 0 Å². The van der Waals surface area contributed by atoms with E-state index in [1.165, 1.54) is 7.11 Å². The van der Waals surface area contributed by atoms with Gasteiger partial charge in [0.1, 0.15) is 17.7 Å². The number of aromatic nitrogens is 4. The van der Waals surface area contributed by atoms with Crippen molar-refractivity contribution in [2.45, 2.75) is 38.4 Å². The average Bonchev–Trinajstić information content (AvgIpc) is 3.34. The van der Waals surface area contributed by atoms with Gasteiger partial charge in [-0.2, -0.15) is 4.98 Å². The Labute approximate surface area is 191 Å². The Kier molecular flexibility index (Phi) is 6.75. The van der Waals surface area contributed by atoms with Gasteiger partial charge < -0.3 is 19.2 Å². The highest BCUT2D eigenvalue weighted by atomic mass is 16.5. The van der Waals surface area contributed by atoms with Crippen LogP contribution in [0, 0.1) is 0 Å². The fourth-order valence-corrected chi connectivity index (χ4v) is 4.24. The minimum Gasteiger partial charge on any atom is -0.468 e. The van der Waals surface area contributed by atoms with Gasteiger partial charge in [-0.3, -0.25) is 14.3 Å². The molecule has 0 spiro atoms. The molecule has 0 aliphatic carbocycles. The number of nitrogens with one attached hydrogen (secondary N) is 1. The lowest BCUT2D eigenvalue weighted by atomic mass is 9.98. The number of fused-ring (bicyclic) bond motifs is 1. The van der Waals surface area contributed by atoms with E-state index in [1.54, 1.807) is 17.9 Å². The molecular formula is C23H29N5O5. The zero-order valence-electron chi connectivity index (χ0n) is 19.2. The molecule has 0 amide bonds. The first-order valence-electron chi connectivity index (χ1n) is 10.9. The summed E-state index contributed by atoms with van der Waals surface area (Å²) in [5, 5.41) is 0. The van der Waals surface area contributed by atoms with Crippen molar-refractivity contribution < 1.29 is 19.0 Å². The first kappa shape index (κ1) is 22.9. The first-order valence-corrected chi connectivity index (χ1v) is 10.9. The van der Waals surface area contributed by atoms with Crippen LogP contribution in [0.5, 0.6) is 6.01 Å². The van der Waals surface area contributed by atoms with E-state index in [-0.39, 0.29) is 17.7 Å². The van der Waals surface area contributed by atoms with Crippen LogP contribution < -0.4 is 10.4 Å². The summed E-state index contributed by atoms with van der Waals surface area (Å²) in [6.45, 7) is 4.56. The van der Waals surface area contributed by atoms with Gasteiger partial charge in [-0.25, -0.2) is 9.78 Å². The minimum atomic E-state index is -0.590. The van der Waals surface area contributed by atoms with E-state index < -0.39 is 5.54 Å². The zero-order chi connectivity index (χ0) is 23.4. The second-order valence-electron chi connectivity index (χ2n) is 8.35. The van der Waals surface area contributed by atoms with Gasteiger partial charge in [0.05, 0.1) is 26.5 Å². The summed E-state index contributed by atoms with van der Waals surface area (Å²) in [5.41, 5.74) is 2.23. The zero-order valence-corrected chi connectivity index (χ0v) is 19.2. The summed E-state index contributed by atoms with van der Waals surface area (Å²) in [5.74, 6) is -0.192. The molecule has 3 aromatic rings. The average molecular weight is 456 g/mol. The summed E-state index contributed by atoms with van der Waals surface area (Å²) in [6.07, 6.45) is 3.30. The van der Waals surface area contributed by atoms with Crippen LogP contribution in [-0.4, -0.2) is 69.9 Å². The van der Waals surface area contributed by atoms with Crippen molar-refractivity contribution in [1.29, 1.82) is 0 Å². The molecule has 10 heteroatoms. The molecule has 1 aromatic carbocycles. The molecule has 1 fully saturated rings. The maximum atomic E-state index is 12.5. The Balaban J connectivity index is 1.49. The molecule has 1 saturated heterocycles. The number of benzene rings is 1. The highest BCUT2D eigenvalue weighted by Gasteiger charge is 2.43. The van der Waals surface area contributed by atoms with E-state index in [4.69, 9.17) is 14.2 Å². The van der Waals surface area contributed by atoms with E-state index in [9.17, 15) is 9.59 Å². The third-order valence-electron chi connectivity index (χ3n) is 6.16. The van der Waals surface area contributed by atoms with E-state index in [1.807, 2.05) is 31.2 Å². The smallest absolute Gasteiger partial charge is 0.328 e. The normalized spacial score (nSPS) is 18.6. The number of esters is 1. The number of aromatic amines is 1. The largest absolute Gasteiger partial charge is 0.468 e. The van der Waals surface area contributed by atoms with Crippen LogP contribution in [0.1, 0.15) is 30.9 Å². The third-order valence-corrected chi connectivity index (χ3v) is 6.16. The standard InChI is InChI=1S/C23H29N5O5/c1-23(20(29)32-3)9-4-10-27(23)14-16-5-7-17(8-6-16)15-28-19-18(25-22(28)30)13-24-21(26-19)33-12-11-31-2/h5-8,13H,4,9-12,14-15H2,1-3H3,(H,25,30)/t23-/m1/s1. The van der Waals surface area contributed by atoms with E-state index >= 15 is 0 Å². The Bertz CT molecular complexity index is 1170. The number of imidazole rings is 1. The second-order valence-corrected chi connectivity index (χ2v) is 8.35. The maximum absolute atomic E-state index is 12.5. The summed E-state index contributed by atoms with van der Waals surface area (Å²) in [4.78, 5) is 38.2. The molecule has 3 heterocycles. The molecule has 0 bridgehead atoms. The van der Waals surface area contributed by atoms with Gasteiger partial charge in [-0.15, -0.1) is 0 Å². The lowest BCUT2D eigenvalue weighted by molar-refractivity contribution is -0.152. The van der Waals surface area contributed by atoms with Crippen molar-refractivity contribution in [3.05, 3.63) is 52.1 Å². The van der Waals surface area contributed by atoms with Crippen molar-refractivity contribution in [3.8, 4) is 6.01 Å². The number of carbonyl (C=O) groups excluding carboxylic acids is 1. The van der Waals surface area contributed by atoms with E-state index in [2.05, 4.69) is 19.9 Å². The molecule has 176 valence electrons. The number of hydrogen-bond acceptors (Lipinski definition) is 8. The number of hydrogen-bond donors (Lipinski definition) is 1. The molecule has 0 saturated carbocycles. The fourth-order valence-electron chi connectivity index (χ4n) is 4.24. The highest BCUT2D eigenvalue weighted by molar-refractivity contribution is 5.80. The van der Waals surface area contributed by atoms with Crippen LogP contribution in [0.2, 0.25) is 0 Å². The molecule has 4 rings (SSSR count). The van der Waals surface area contributed by atoms with Gasteiger partial charge >= 0.3 is 17.7 Å². The maximum Gasteiger partial charge on any atom is 0.328 e. The van der Waals surface area contributed by atoms with Gasteiger partial charge in [-0.05, 0) is 37.4 Å². The molecule has 1 aliphatic heterocycles. The lowest BCUT2D eigenvalue weighted by Gasteiger charge is -2.32. The van der Waals surface area contributed by atoms with Crippen LogP contribution >= 0.6 is 0 Å². The SMILES string of the molecule is COCCOc1ncc2[nH]c(=O)n(Cc3ccc(CN4CCC[C@]4(C)C(=O)OC)cc3)c2n1. The van der Waals surface area contributed by atoms with Crippen LogP contribution in [0.15, 0.2) is 35.3 Å². The summed E-state index contributed by atoms with van der Waals surface area (Å²) in [6, 6.07) is 8.23. The van der Waals surface area contributed by atoms with Crippen LogP contribution in [0.25, 0.3) is 11.2 Å². The van der Waals surface area contributed by atoms with Crippen LogP contribution in [0.4, 0.5) is 0 Å². The minimum absolute atomic E-state index is 0.192. The lowest BCUT2D eigenvalue weighted by Crippen LogP contribution is -2.48. The molecule has 0 unspecified atom stereocenters. The molecule has 1 atom stereocenters. The number of methoxy groups -OCH3 is 2. The number of ether oxygens (including phenoxy) is 3. The van der Waals surface area contributed by atoms with Gasteiger partial charge in [0.25, 0.3) is 0 Å². The first-order chi connectivity index (χ1) is 15.9. The summed E-state index contributed by atoms with van der Waals surface area (Å²) >= 11 is 0. The number of H-pyrrole nitrogens is 1. The number of rotatable bonds is 9. The molecule has 1 aliphatic rings.